The molecule has 1 heterocycles. The van der Waals surface area contributed by atoms with Crippen LogP contribution in [-0.2, 0) is 0 Å². The monoisotopic (exact) mass is 671 g/mol. The van der Waals surface area contributed by atoms with Crippen LogP contribution in [0.2, 0.25) is 0 Å². The van der Waals surface area contributed by atoms with Crippen molar-refractivity contribution >= 4 is 61.8 Å². The van der Waals surface area contributed by atoms with Crippen LogP contribution in [0.3, 0.4) is 0 Å². The van der Waals surface area contributed by atoms with E-state index in [0.29, 0.717) is 0 Å². The summed E-state index contributed by atoms with van der Waals surface area (Å²) in [6.45, 7) is 13.6. The molecule has 1 aromatic heterocycles. The van der Waals surface area contributed by atoms with Gasteiger partial charge >= 0.3 is 0 Å². The number of benzene rings is 7. The maximum atomic E-state index is 4.88. The highest BCUT2D eigenvalue weighted by Crippen LogP contribution is 2.45. The fraction of sp³-hybridized carbons (Fsp3) is 0.125. The molecule has 52 heavy (non-hydrogen) atoms. The summed E-state index contributed by atoms with van der Waals surface area (Å²) in [6.07, 6.45) is 3.47. The summed E-state index contributed by atoms with van der Waals surface area (Å²) in [4.78, 5) is 11.5. The van der Waals surface area contributed by atoms with Crippen LogP contribution in [0, 0.1) is 41.5 Å². The van der Waals surface area contributed by atoms with E-state index in [2.05, 4.69) is 179 Å². The molecule has 0 unspecified atom stereocenters. The number of fused-ring (bicyclic) bond motifs is 2. The molecule has 0 bridgehead atoms. The molecule has 4 heteroatoms. The first kappa shape index (κ1) is 33.2. The van der Waals surface area contributed by atoms with Gasteiger partial charge in [-0.05, 0) is 81.5 Å². The number of rotatable bonds is 7. The van der Waals surface area contributed by atoms with E-state index in [-0.39, 0.29) is 6.71 Å². The van der Waals surface area contributed by atoms with E-state index in [9.17, 15) is 0 Å². The highest BCUT2D eigenvalue weighted by molar-refractivity contribution is 6.98. The van der Waals surface area contributed by atoms with Gasteiger partial charge in [0.05, 0.1) is 11.4 Å². The second-order valence-corrected chi connectivity index (χ2v) is 14.2. The molecular formula is C48H42BN3. The van der Waals surface area contributed by atoms with Gasteiger partial charge in [0.25, 0.3) is 0 Å². The second kappa shape index (κ2) is 13.6. The second-order valence-electron chi connectivity index (χ2n) is 14.2. The summed E-state index contributed by atoms with van der Waals surface area (Å²) in [5, 5.41) is 4.79. The van der Waals surface area contributed by atoms with Crippen LogP contribution >= 0.6 is 0 Å². The molecule has 0 N–H and O–H groups in total. The van der Waals surface area contributed by atoms with Crippen molar-refractivity contribution in [3.8, 4) is 11.1 Å². The quantitative estimate of drug-likeness (QED) is 0.158. The highest BCUT2D eigenvalue weighted by Gasteiger charge is 2.31. The summed E-state index contributed by atoms with van der Waals surface area (Å²) in [7, 11) is 0. The van der Waals surface area contributed by atoms with Crippen LogP contribution in [0.15, 0.2) is 146 Å². The Kier molecular flexibility index (Phi) is 8.68. The van der Waals surface area contributed by atoms with Gasteiger partial charge in [0.2, 0.25) is 6.71 Å². The summed E-state index contributed by atoms with van der Waals surface area (Å²) in [5.74, 6) is 0.812. The minimum atomic E-state index is 0.0493. The minimum Gasteiger partial charge on any atom is -0.294 e. The van der Waals surface area contributed by atoms with Crippen LogP contribution in [0.4, 0.5) is 17.2 Å². The largest absolute Gasteiger partial charge is 0.294 e. The molecule has 0 fully saturated rings. The Morgan fingerprint density at radius 1 is 0.500 bits per heavy atom. The third-order valence-corrected chi connectivity index (χ3v) is 10.5. The predicted molar refractivity (Wildman–Crippen MR) is 223 cm³/mol. The van der Waals surface area contributed by atoms with Crippen molar-refractivity contribution in [3.63, 3.8) is 0 Å². The predicted octanol–water partition coefficient (Wildman–Crippen LogP) is 10.3. The molecule has 0 saturated carbocycles. The van der Waals surface area contributed by atoms with E-state index in [4.69, 9.17) is 4.98 Å². The molecule has 0 aliphatic rings. The lowest BCUT2D eigenvalue weighted by molar-refractivity contribution is 1.12. The van der Waals surface area contributed by atoms with E-state index in [0.717, 1.165) is 22.8 Å². The molecular weight excluding hydrogens is 629 g/mol. The summed E-state index contributed by atoms with van der Waals surface area (Å²) < 4.78 is 0. The lowest BCUT2D eigenvalue weighted by Crippen LogP contribution is -2.56. The molecule has 0 atom stereocenters. The van der Waals surface area contributed by atoms with Gasteiger partial charge in [-0.2, -0.15) is 0 Å². The third-order valence-electron chi connectivity index (χ3n) is 10.5. The van der Waals surface area contributed by atoms with Crippen molar-refractivity contribution < 1.29 is 0 Å². The zero-order valence-corrected chi connectivity index (χ0v) is 30.8. The van der Waals surface area contributed by atoms with Gasteiger partial charge in [-0.25, -0.2) is 9.97 Å². The molecule has 0 radical (unpaired) electrons. The Balaban J connectivity index is 1.45. The van der Waals surface area contributed by atoms with Gasteiger partial charge in [-0.3, -0.25) is 4.90 Å². The third kappa shape index (κ3) is 5.84. The van der Waals surface area contributed by atoms with Gasteiger partial charge in [-0.1, -0.05) is 165 Å². The highest BCUT2D eigenvalue weighted by atomic mass is 15.2. The number of hydrogen-bond donors (Lipinski definition) is 0. The number of nitrogens with zero attached hydrogens (tertiary/aromatic N) is 3. The van der Waals surface area contributed by atoms with Crippen LogP contribution in [0.5, 0.6) is 0 Å². The van der Waals surface area contributed by atoms with Crippen LogP contribution in [-0.4, -0.2) is 16.7 Å². The Hall–Kier alpha value is -6.00. The first-order valence-corrected chi connectivity index (χ1v) is 18.1. The normalized spacial score (nSPS) is 11.3. The van der Waals surface area contributed by atoms with Crippen molar-refractivity contribution in [1.29, 1.82) is 0 Å². The first-order chi connectivity index (χ1) is 25.3. The van der Waals surface area contributed by atoms with Gasteiger partial charge < -0.3 is 0 Å². The summed E-state index contributed by atoms with van der Waals surface area (Å²) in [5.41, 5.74) is 16.4. The SMILES string of the molecule is Cc1cc(C)c(B(c2c(C)cc(C)cc2C)c2ccc(N(c3ccncn3)c3ccc4ccccc4c3-c3ccccc3)c3ccccc23)c(C)c1. The van der Waals surface area contributed by atoms with Crippen LogP contribution in [0.25, 0.3) is 32.7 Å². The molecule has 0 saturated heterocycles. The fourth-order valence-corrected chi connectivity index (χ4v) is 8.65. The summed E-state index contributed by atoms with van der Waals surface area (Å²) in [6, 6.07) is 48.8. The fourth-order valence-electron chi connectivity index (χ4n) is 8.65. The molecule has 0 aliphatic carbocycles. The molecule has 0 aliphatic heterocycles. The Labute approximate surface area is 307 Å². The zero-order chi connectivity index (χ0) is 35.9. The van der Waals surface area contributed by atoms with E-state index >= 15 is 0 Å². The van der Waals surface area contributed by atoms with Crippen molar-refractivity contribution in [2.45, 2.75) is 41.5 Å². The van der Waals surface area contributed by atoms with Crippen molar-refractivity contribution in [3.05, 3.63) is 179 Å². The average molecular weight is 672 g/mol. The summed E-state index contributed by atoms with van der Waals surface area (Å²) >= 11 is 0. The first-order valence-electron chi connectivity index (χ1n) is 18.1. The Morgan fingerprint density at radius 2 is 1.06 bits per heavy atom. The number of anilines is 3. The van der Waals surface area contributed by atoms with E-state index < -0.39 is 0 Å². The lowest BCUT2D eigenvalue weighted by atomic mass is 9.33. The zero-order valence-electron chi connectivity index (χ0n) is 30.8. The maximum Gasteiger partial charge on any atom is 0.243 e. The van der Waals surface area contributed by atoms with Gasteiger partial charge in [-0.15, -0.1) is 0 Å². The average Bonchev–Trinajstić information content (AvgIpc) is 3.14. The van der Waals surface area contributed by atoms with Crippen molar-refractivity contribution in [2.24, 2.45) is 0 Å². The Bertz CT molecular complexity index is 2490. The molecule has 0 amide bonds. The molecule has 8 rings (SSSR count). The Morgan fingerprint density at radius 3 is 1.67 bits per heavy atom. The van der Waals surface area contributed by atoms with Crippen molar-refractivity contribution in [1.82, 2.24) is 9.97 Å². The topological polar surface area (TPSA) is 29.0 Å². The maximum absolute atomic E-state index is 4.88. The number of hydrogen-bond acceptors (Lipinski definition) is 3. The standard InChI is InChI=1S/C48H42BN3/c1-31-26-33(3)47(34(4)27-31)49(48-35(5)28-32(2)29-36(48)6)42-21-23-43(41-19-13-12-18-40(41)42)52(45-24-25-50-30-51-45)44-22-20-37-14-10-11-17-39(37)46(44)38-15-8-7-9-16-38/h7-30H,1-6H3. The molecule has 0 spiro atoms. The molecule has 252 valence electrons. The van der Waals surface area contributed by atoms with Gasteiger partial charge in [0.15, 0.2) is 0 Å². The van der Waals surface area contributed by atoms with Crippen LogP contribution < -0.4 is 21.3 Å². The van der Waals surface area contributed by atoms with E-state index in [1.54, 1.807) is 6.33 Å². The molecule has 7 aromatic carbocycles. The lowest BCUT2D eigenvalue weighted by Gasteiger charge is -2.30. The van der Waals surface area contributed by atoms with E-state index in [1.165, 1.54) is 76.9 Å². The minimum absolute atomic E-state index is 0.0493. The molecule has 3 nitrogen and oxygen atoms in total. The van der Waals surface area contributed by atoms with Gasteiger partial charge in [0.1, 0.15) is 12.1 Å². The van der Waals surface area contributed by atoms with E-state index in [1.807, 2.05) is 12.3 Å². The molecule has 8 aromatic rings. The van der Waals surface area contributed by atoms with Crippen LogP contribution in [0.1, 0.15) is 33.4 Å². The smallest absolute Gasteiger partial charge is 0.243 e. The van der Waals surface area contributed by atoms with Crippen molar-refractivity contribution in [2.75, 3.05) is 4.90 Å². The van der Waals surface area contributed by atoms with Gasteiger partial charge in [0, 0.05) is 17.1 Å². The number of aryl methyl sites for hydroxylation is 6. The number of aromatic nitrogens is 2.